The summed E-state index contributed by atoms with van der Waals surface area (Å²) in [5.41, 5.74) is -0.559. The monoisotopic (exact) mass is 553 g/mol. The lowest BCUT2D eigenvalue weighted by atomic mass is 10.1. The lowest BCUT2D eigenvalue weighted by Crippen LogP contribution is -2.22. The summed E-state index contributed by atoms with van der Waals surface area (Å²) >= 11 is 0. The Balaban J connectivity index is 1.44. The van der Waals surface area contributed by atoms with E-state index < -0.39 is 29.0 Å². The number of aromatic nitrogens is 4. The zero-order chi connectivity index (χ0) is 28.3. The number of anilines is 3. The second kappa shape index (κ2) is 11.1. The van der Waals surface area contributed by atoms with Gasteiger partial charge >= 0.3 is 6.18 Å². The lowest BCUT2D eigenvalue weighted by Gasteiger charge is -2.23. The molecule has 3 heterocycles. The molecule has 9 nitrogen and oxygen atoms in total. The third-order valence-corrected chi connectivity index (χ3v) is 6.22. The molecule has 5 rings (SSSR count). The summed E-state index contributed by atoms with van der Waals surface area (Å²) < 4.78 is 61.0. The molecule has 2 aromatic carbocycles. The number of benzene rings is 2. The molecule has 0 radical (unpaired) electrons. The summed E-state index contributed by atoms with van der Waals surface area (Å²) in [7, 11) is 1.65. The molecule has 2 N–H and O–H groups in total. The number of carbonyl (C=O) groups is 1. The van der Waals surface area contributed by atoms with Crippen molar-refractivity contribution >= 4 is 23.2 Å². The number of halogens is 4. The fourth-order valence-electron chi connectivity index (χ4n) is 4.28. The molecule has 1 saturated heterocycles. The highest BCUT2D eigenvalue weighted by Crippen LogP contribution is 2.37. The Morgan fingerprint density at radius 2 is 1.82 bits per heavy atom. The highest BCUT2D eigenvalue weighted by atomic mass is 19.4. The third-order valence-electron chi connectivity index (χ3n) is 6.22. The van der Waals surface area contributed by atoms with Gasteiger partial charge in [-0.1, -0.05) is 0 Å². The standard InChI is InChI=1S/C27H23F4N7O2/c1-32-26-35-15-34-23(37-26)18-5-4-10-33-25(18)40-17-7-8-20(28)19(14-17)24(39)36-21-13-16(27(29,30)31)6-9-22(21)38-11-2-3-12-38/h4-10,13-15H,2-3,11-12H2,1H3,(H,36,39)(H,32,34,35,37). The van der Waals surface area contributed by atoms with Crippen LogP contribution in [0.1, 0.15) is 28.8 Å². The molecule has 0 saturated carbocycles. The van der Waals surface area contributed by atoms with Crippen LogP contribution in [0.25, 0.3) is 11.4 Å². The van der Waals surface area contributed by atoms with E-state index in [4.69, 9.17) is 4.74 Å². The zero-order valence-corrected chi connectivity index (χ0v) is 21.2. The smallest absolute Gasteiger partial charge is 0.416 e. The maximum atomic E-state index is 14.8. The summed E-state index contributed by atoms with van der Waals surface area (Å²) in [5.74, 6) is -1.07. The van der Waals surface area contributed by atoms with E-state index in [0.717, 1.165) is 37.1 Å². The van der Waals surface area contributed by atoms with Gasteiger partial charge in [-0.3, -0.25) is 4.79 Å². The van der Waals surface area contributed by atoms with Crippen molar-refractivity contribution in [2.24, 2.45) is 0 Å². The normalized spacial score (nSPS) is 13.3. The summed E-state index contributed by atoms with van der Waals surface area (Å²) in [6.07, 6.45) is -0.0779. The van der Waals surface area contributed by atoms with Gasteiger partial charge in [0.15, 0.2) is 5.82 Å². The van der Waals surface area contributed by atoms with Crippen LogP contribution in [-0.4, -0.2) is 46.0 Å². The minimum Gasteiger partial charge on any atom is -0.438 e. The molecule has 0 spiro atoms. The van der Waals surface area contributed by atoms with E-state index in [2.05, 4.69) is 30.6 Å². The number of alkyl halides is 3. The molecular weight excluding hydrogens is 530 g/mol. The molecule has 4 aromatic rings. The largest absolute Gasteiger partial charge is 0.438 e. The molecule has 206 valence electrons. The third kappa shape index (κ3) is 5.77. The predicted octanol–water partition coefficient (Wildman–Crippen LogP) is 5.78. The quantitative estimate of drug-likeness (QED) is 0.278. The van der Waals surface area contributed by atoms with Crippen molar-refractivity contribution in [2.45, 2.75) is 19.0 Å². The number of ether oxygens (including phenoxy) is 1. The highest BCUT2D eigenvalue weighted by molar-refractivity contribution is 6.06. The second-order valence-electron chi connectivity index (χ2n) is 8.86. The SMILES string of the molecule is CNc1ncnc(-c2cccnc2Oc2ccc(F)c(C(=O)Nc3cc(C(F)(F)F)ccc3N3CCCC3)c2)n1. The van der Waals surface area contributed by atoms with Crippen molar-refractivity contribution < 1.29 is 27.1 Å². The predicted molar refractivity (Wildman–Crippen MR) is 140 cm³/mol. The highest BCUT2D eigenvalue weighted by Gasteiger charge is 2.32. The average Bonchev–Trinajstić information content (AvgIpc) is 3.49. The minimum atomic E-state index is -4.62. The summed E-state index contributed by atoms with van der Waals surface area (Å²) in [6, 6.07) is 9.96. The molecule has 1 fully saturated rings. The number of pyridine rings is 1. The molecule has 0 bridgehead atoms. The molecule has 1 aliphatic heterocycles. The molecule has 13 heteroatoms. The van der Waals surface area contributed by atoms with Crippen molar-refractivity contribution in [2.75, 3.05) is 35.7 Å². The number of rotatable bonds is 7. The Morgan fingerprint density at radius 3 is 2.58 bits per heavy atom. The van der Waals surface area contributed by atoms with Crippen LogP contribution in [0.15, 0.2) is 61.1 Å². The van der Waals surface area contributed by atoms with Crippen LogP contribution in [0, 0.1) is 5.82 Å². The molecule has 1 aliphatic rings. The molecule has 0 atom stereocenters. The van der Waals surface area contributed by atoms with E-state index in [1.54, 1.807) is 19.2 Å². The van der Waals surface area contributed by atoms with Crippen LogP contribution in [0.5, 0.6) is 11.6 Å². The van der Waals surface area contributed by atoms with E-state index in [0.29, 0.717) is 30.3 Å². The van der Waals surface area contributed by atoms with Crippen LogP contribution >= 0.6 is 0 Å². The number of nitrogens with zero attached hydrogens (tertiary/aromatic N) is 5. The summed E-state index contributed by atoms with van der Waals surface area (Å²) in [5, 5.41) is 5.28. The molecular formula is C27H23F4N7O2. The Kier molecular flexibility index (Phi) is 7.45. The van der Waals surface area contributed by atoms with Crippen LogP contribution in [0.4, 0.5) is 34.9 Å². The van der Waals surface area contributed by atoms with Crippen molar-refractivity contribution in [1.29, 1.82) is 0 Å². The number of amides is 1. The van der Waals surface area contributed by atoms with E-state index in [1.807, 2.05) is 4.90 Å². The van der Waals surface area contributed by atoms with Gasteiger partial charge in [-0.25, -0.2) is 19.3 Å². The first-order valence-electron chi connectivity index (χ1n) is 12.3. The van der Waals surface area contributed by atoms with Gasteiger partial charge < -0.3 is 20.3 Å². The van der Waals surface area contributed by atoms with Gasteiger partial charge in [0.2, 0.25) is 11.8 Å². The fourth-order valence-corrected chi connectivity index (χ4v) is 4.28. The van der Waals surface area contributed by atoms with Crippen LogP contribution < -0.4 is 20.3 Å². The molecule has 0 unspecified atom stereocenters. The number of hydrogen-bond donors (Lipinski definition) is 2. The molecule has 1 amide bonds. The van der Waals surface area contributed by atoms with Crippen molar-refractivity contribution in [3.8, 4) is 23.0 Å². The Hall–Kier alpha value is -4.81. The summed E-state index contributed by atoms with van der Waals surface area (Å²) in [4.78, 5) is 31.7. The van der Waals surface area contributed by atoms with Gasteiger partial charge in [-0.15, -0.1) is 0 Å². The zero-order valence-electron chi connectivity index (χ0n) is 21.2. The number of nitrogens with one attached hydrogen (secondary N) is 2. The minimum absolute atomic E-state index is 0.0605. The second-order valence-corrected chi connectivity index (χ2v) is 8.86. The molecule has 0 aliphatic carbocycles. The van der Waals surface area contributed by atoms with Crippen LogP contribution in [-0.2, 0) is 6.18 Å². The number of hydrogen-bond acceptors (Lipinski definition) is 8. The average molecular weight is 554 g/mol. The van der Waals surface area contributed by atoms with Crippen molar-refractivity contribution in [3.63, 3.8) is 0 Å². The van der Waals surface area contributed by atoms with E-state index >= 15 is 0 Å². The Labute approximate surface area is 226 Å². The molecule has 40 heavy (non-hydrogen) atoms. The fraction of sp³-hybridized carbons (Fsp3) is 0.222. The lowest BCUT2D eigenvalue weighted by molar-refractivity contribution is -0.137. The Bertz CT molecular complexity index is 1540. The maximum Gasteiger partial charge on any atom is 0.416 e. The van der Waals surface area contributed by atoms with Gasteiger partial charge in [0.1, 0.15) is 17.9 Å². The first-order valence-corrected chi connectivity index (χ1v) is 12.3. The van der Waals surface area contributed by atoms with Gasteiger partial charge in [0, 0.05) is 26.3 Å². The van der Waals surface area contributed by atoms with E-state index in [1.165, 1.54) is 24.7 Å². The van der Waals surface area contributed by atoms with Crippen LogP contribution in [0.3, 0.4) is 0 Å². The first-order chi connectivity index (χ1) is 19.2. The van der Waals surface area contributed by atoms with Gasteiger partial charge in [0.25, 0.3) is 5.91 Å². The topological polar surface area (TPSA) is 105 Å². The van der Waals surface area contributed by atoms with Gasteiger partial charge in [-0.2, -0.15) is 18.2 Å². The first kappa shape index (κ1) is 26.8. The van der Waals surface area contributed by atoms with E-state index in [9.17, 15) is 22.4 Å². The van der Waals surface area contributed by atoms with E-state index in [-0.39, 0.29) is 23.1 Å². The number of carbonyl (C=O) groups excluding carboxylic acids is 1. The van der Waals surface area contributed by atoms with Crippen molar-refractivity contribution in [3.05, 3.63) is 78.0 Å². The Morgan fingerprint density at radius 1 is 1.02 bits per heavy atom. The van der Waals surface area contributed by atoms with Gasteiger partial charge in [0.05, 0.1) is 28.1 Å². The maximum absolute atomic E-state index is 14.8. The van der Waals surface area contributed by atoms with Crippen molar-refractivity contribution in [1.82, 2.24) is 19.9 Å². The molecule has 2 aromatic heterocycles. The van der Waals surface area contributed by atoms with Gasteiger partial charge in [-0.05, 0) is 61.4 Å². The summed E-state index contributed by atoms with van der Waals surface area (Å²) in [6.45, 7) is 1.27. The van der Waals surface area contributed by atoms with Crippen LogP contribution in [0.2, 0.25) is 0 Å².